The summed E-state index contributed by atoms with van der Waals surface area (Å²) in [7, 11) is 1.39. The van der Waals surface area contributed by atoms with Gasteiger partial charge in [-0.2, -0.15) is 0 Å². The molecule has 5 heteroatoms. The highest BCUT2D eigenvalue weighted by atomic mass is 16.6. The number of rotatable bonds is 3. The van der Waals surface area contributed by atoms with Crippen LogP contribution >= 0.6 is 0 Å². The molecular weight excluding hydrogens is 258 g/mol. The molecule has 5 nitrogen and oxygen atoms in total. The molecule has 0 aromatic heterocycles. The van der Waals surface area contributed by atoms with Crippen molar-refractivity contribution in [1.29, 1.82) is 0 Å². The molecule has 0 radical (unpaired) electrons. The largest absolute Gasteiger partial charge is 0.467 e. The highest BCUT2D eigenvalue weighted by Crippen LogP contribution is 2.44. The van der Waals surface area contributed by atoms with Crippen LogP contribution in [-0.4, -0.2) is 41.8 Å². The first-order chi connectivity index (χ1) is 9.28. The van der Waals surface area contributed by atoms with Gasteiger partial charge in [0.15, 0.2) is 0 Å². The van der Waals surface area contributed by atoms with Crippen LogP contribution in [0.3, 0.4) is 0 Å². The Labute approximate surface area is 120 Å². The van der Waals surface area contributed by atoms with Gasteiger partial charge in [0.25, 0.3) is 0 Å². The third kappa shape index (κ3) is 3.07. The van der Waals surface area contributed by atoms with Gasteiger partial charge in [0.05, 0.1) is 7.11 Å². The van der Waals surface area contributed by atoms with Crippen molar-refractivity contribution in [1.82, 2.24) is 4.90 Å². The second kappa shape index (κ2) is 5.26. The fourth-order valence-corrected chi connectivity index (χ4v) is 2.96. The van der Waals surface area contributed by atoms with Crippen molar-refractivity contribution in [2.24, 2.45) is 5.92 Å². The number of likely N-dealkylation sites (tertiary alicyclic amines) is 1. The quantitative estimate of drug-likeness (QED) is 0.747. The Hall–Kier alpha value is -1.26. The summed E-state index contributed by atoms with van der Waals surface area (Å²) in [6, 6.07) is 0. The number of nitrogens with zero attached hydrogens (tertiary/aromatic N) is 1. The van der Waals surface area contributed by atoms with Crippen molar-refractivity contribution in [3.63, 3.8) is 0 Å². The number of methoxy groups -OCH3 is 1. The fourth-order valence-electron chi connectivity index (χ4n) is 2.96. The average molecular weight is 283 g/mol. The van der Waals surface area contributed by atoms with Crippen LogP contribution in [0.2, 0.25) is 0 Å². The smallest absolute Gasteiger partial charge is 0.411 e. The van der Waals surface area contributed by atoms with E-state index in [1.54, 1.807) is 4.90 Å². The lowest BCUT2D eigenvalue weighted by molar-refractivity contribution is -0.154. The van der Waals surface area contributed by atoms with Gasteiger partial charge in [-0.05, 0) is 46.0 Å². The summed E-state index contributed by atoms with van der Waals surface area (Å²) in [5.74, 6) is 0.241. The maximum atomic E-state index is 12.4. The lowest BCUT2D eigenvalue weighted by Crippen LogP contribution is -2.55. The van der Waals surface area contributed by atoms with Gasteiger partial charge in [0.1, 0.15) is 11.1 Å². The van der Waals surface area contributed by atoms with Gasteiger partial charge >= 0.3 is 12.1 Å². The molecule has 2 rings (SSSR count). The van der Waals surface area contributed by atoms with Crippen molar-refractivity contribution in [3.05, 3.63) is 0 Å². The van der Waals surface area contributed by atoms with Crippen LogP contribution in [0.5, 0.6) is 0 Å². The van der Waals surface area contributed by atoms with E-state index in [1.807, 2.05) is 20.8 Å². The normalized spacial score (nSPS) is 26.5. The topological polar surface area (TPSA) is 55.8 Å². The molecule has 1 saturated carbocycles. The Morgan fingerprint density at radius 1 is 1.30 bits per heavy atom. The number of amides is 1. The molecule has 2 aliphatic rings. The van der Waals surface area contributed by atoms with Crippen LogP contribution in [0, 0.1) is 5.92 Å². The zero-order valence-corrected chi connectivity index (χ0v) is 12.9. The second-order valence-electron chi connectivity index (χ2n) is 6.91. The van der Waals surface area contributed by atoms with E-state index in [9.17, 15) is 9.59 Å². The fraction of sp³-hybridized carbons (Fsp3) is 0.867. The third-order valence-electron chi connectivity index (χ3n) is 3.99. The number of carbonyl (C=O) groups is 2. The number of hydrogen-bond donors (Lipinski definition) is 0. The minimum absolute atomic E-state index is 0.298. The SMILES string of the molecule is COC(=O)C1(CC2CC2)CCCN1C(=O)OC(C)(C)C. The molecule has 0 bridgehead atoms. The maximum Gasteiger partial charge on any atom is 0.411 e. The van der Waals surface area contributed by atoms with Crippen LogP contribution in [0.15, 0.2) is 0 Å². The Morgan fingerprint density at radius 2 is 1.95 bits per heavy atom. The van der Waals surface area contributed by atoms with Crippen molar-refractivity contribution in [2.45, 2.75) is 64.0 Å². The Bertz CT molecular complexity index is 397. The second-order valence-corrected chi connectivity index (χ2v) is 6.91. The zero-order chi connectivity index (χ0) is 15.0. The summed E-state index contributed by atoms with van der Waals surface area (Å²) >= 11 is 0. The first-order valence-electron chi connectivity index (χ1n) is 7.37. The van der Waals surface area contributed by atoms with Gasteiger partial charge in [0, 0.05) is 6.54 Å². The molecule has 0 aromatic carbocycles. The van der Waals surface area contributed by atoms with Gasteiger partial charge in [-0.3, -0.25) is 4.90 Å². The predicted molar refractivity (Wildman–Crippen MR) is 74.3 cm³/mol. The van der Waals surface area contributed by atoms with Crippen molar-refractivity contribution >= 4 is 12.1 Å². The molecule has 1 atom stereocenters. The van der Waals surface area contributed by atoms with E-state index in [1.165, 1.54) is 7.11 Å². The third-order valence-corrected chi connectivity index (χ3v) is 3.99. The van der Waals surface area contributed by atoms with Crippen LogP contribution in [0.4, 0.5) is 4.79 Å². The number of hydrogen-bond acceptors (Lipinski definition) is 4. The van der Waals surface area contributed by atoms with Crippen LogP contribution < -0.4 is 0 Å². The molecule has 1 saturated heterocycles. The van der Waals surface area contributed by atoms with Gasteiger partial charge < -0.3 is 9.47 Å². The molecule has 1 amide bonds. The number of ether oxygens (including phenoxy) is 2. The zero-order valence-electron chi connectivity index (χ0n) is 12.9. The molecule has 20 heavy (non-hydrogen) atoms. The minimum atomic E-state index is -0.807. The first kappa shape index (κ1) is 15.1. The van der Waals surface area contributed by atoms with E-state index in [-0.39, 0.29) is 5.97 Å². The highest BCUT2D eigenvalue weighted by Gasteiger charge is 2.54. The Kier molecular flexibility index (Phi) is 3.98. The van der Waals surface area contributed by atoms with E-state index < -0.39 is 17.2 Å². The summed E-state index contributed by atoms with van der Waals surface area (Å²) in [4.78, 5) is 26.3. The summed E-state index contributed by atoms with van der Waals surface area (Å²) in [5, 5.41) is 0. The molecule has 0 aromatic rings. The first-order valence-corrected chi connectivity index (χ1v) is 7.37. The minimum Gasteiger partial charge on any atom is -0.467 e. The molecule has 1 unspecified atom stereocenters. The lowest BCUT2D eigenvalue weighted by Gasteiger charge is -2.37. The van der Waals surface area contributed by atoms with Crippen LogP contribution in [0.25, 0.3) is 0 Å². The van der Waals surface area contributed by atoms with Crippen molar-refractivity contribution in [3.8, 4) is 0 Å². The van der Waals surface area contributed by atoms with E-state index in [0.717, 1.165) is 19.3 Å². The van der Waals surface area contributed by atoms with E-state index in [0.29, 0.717) is 25.3 Å². The molecule has 0 N–H and O–H groups in total. The molecule has 1 aliphatic heterocycles. The monoisotopic (exact) mass is 283 g/mol. The molecule has 114 valence electrons. The summed E-state index contributed by atoms with van der Waals surface area (Å²) < 4.78 is 10.4. The van der Waals surface area contributed by atoms with E-state index in [4.69, 9.17) is 9.47 Å². The van der Waals surface area contributed by atoms with E-state index in [2.05, 4.69) is 0 Å². The Balaban J connectivity index is 2.19. The van der Waals surface area contributed by atoms with Crippen molar-refractivity contribution < 1.29 is 19.1 Å². The summed E-state index contributed by atoms with van der Waals surface area (Å²) in [6.45, 7) is 6.07. The number of esters is 1. The van der Waals surface area contributed by atoms with Gasteiger partial charge in [0.2, 0.25) is 0 Å². The Morgan fingerprint density at radius 3 is 2.45 bits per heavy atom. The maximum absolute atomic E-state index is 12.4. The summed E-state index contributed by atoms with van der Waals surface area (Å²) in [6.07, 6.45) is 4.08. The highest BCUT2D eigenvalue weighted by molar-refractivity contribution is 5.86. The average Bonchev–Trinajstić information content (AvgIpc) is 3.03. The molecule has 1 aliphatic carbocycles. The molecule has 2 fully saturated rings. The van der Waals surface area contributed by atoms with Gasteiger partial charge in [-0.1, -0.05) is 12.8 Å². The van der Waals surface area contributed by atoms with Crippen molar-refractivity contribution in [2.75, 3.05) is 13.7 Å². The molecule has 1 heterocycles. The molecular formula is C15H25NO4. The van der Waals surface area contributed by atoms with Crippen LogP contribution in [-0.2, 0) is 14.3 Å². The van der Waals surface area contributed by atoms with Gasteiger partial charge in [-0.25, -0.2) is 9.59 Å². The number of carbonyl (C=O) groups excluding carboxylic acids is 2. The molecule has 0 spiro atoms. The summed E-state index contributed by atoms with van der Waals surface area (Å²) in [5.41, 5.74) is -1.36. The van der Waals surface area contributed by atoms with Gasteiger partial charge in [-0.15, -0.1) is 0 Å². The van der Waals surface area contributed by atoms with E-state index >= 15 is 0 Å². The van der Waals surface area contributed by atoms with Crippen LogP contribution in [0.1, 0.15) is 52.9 Å². The standard InChI is InChI=1S/C15H25NO4/c1-14(2,3)20-13(18)16-9-5-8-15(16,12(17)19-4)10-11-6-7-11/h11H,5-10H2,1-4H3. The lowest BCUT2D eigenvalue weighted by atomic mass is 9.89. The predicted octanol–water partition coefficient (Wildman–Crippen LogP) is 2.73.